The molecule has 9 heteroatoms. The van der Waals surface area contributed by atoms with E-state index in [1.165, 1.54) is 35.6 Å². The Balaban J connectivity index is 1.73. The van der Waals surface area contributed by atoms with Crippen LogP contribution in [0.5, 0.6) is 0 Å². The molecule has 1 amide bonds. The fourth-order valence-electron chi connectivity index (χ4n) is 1.92. The van der Waals surface area contributed by atoms with Crippen LogP contribution in [0.25, 0.3) is 10.8 Å². The third-order valence-electron chi connectivity index (χ3n) is 3.23. The third kappa shape index (κ3) is 3.36. The zero-order valence-corrected chi connectivity index (χ0v) is 14.2. The highest BCUT2D eigenvalue weighted by Gasteiger charge is 2.15. The Morgan fingerprint density at radius 3 is 2.58 bits per heavy atom. The van der Waals surface area contributed by atoms with Gasteiger partial charge in [0.1, 0.15) is 0 Å². The van der Waals surface area contributed by atoms with Gasteiger partial charge in [0, 0.05) is 5.56 Å². The van der Waals surface area contributed by atoms with Crippen LogP contribution in [0.3, 0.4) is 0 Å². The van der Waals surface area contributed by atoms with Crippen LogP contribution in [0.2, 0.25) is 0 Å². The molecule has 7 nitrogen and oxygen atoms in total. The van der Waals surface area contributed by atoms with E-state index in [4.69, 9.17) is 4.42 Å². The van der Waals surface area contributed by atoms with Gasteiger partial charge >= 0.3 is 6.01 Å². The van der Waals surface area contributed by atoms with E-state index < -0.39 is 15.7 Å². The molecule has 0 aliphatic heterocycles. The predicted molar refractivity (Wildman–Crippen MR) is 89.7 cm³/mol. The topological polar surface area (TPSA) is 102 Å². The van der Waals surface area contributed by atoms with Crippen molar-refractivity contribution in [2.24, 2.45) is 0 Å². The number of aromatic nitrogens is 2. The highest BCUT2D eigenvalue weighted by Crippen LogP contribution is 2.24. The largest absolute Gasteiger partial charge is 0.402 e. The summed E-state index contributed by atoms with van der Waals surface area (Å²) >= 11 is 1.44. The molecule has 124 valence electrons. The molecule has 3 aromatic rings. The number of benzene rings is 1. The van der Waals surface area contributed by atoms with Crippen LogP contribution in [0.1, 0.15) is 17.3 Å². The molecule has 0 fully saturated rings. The number of nitrogens with zero attached hydrogens (tertiary/aromatic N) is 2. The minimum Gasteiger partial charge on any atom is -0.402 e. The molecule has 0 atom stereocenters. The van der Waals surface area contributed by atoms with Crippen LogP contribution in [-0.4, -0.2) is 30.3 Å². The Bertz CT molecular complexity index is 945. The summed E-state index contributed by atoms with van der Waals surface area (Å²) in [5, 5.41) is 12.0. The molecule has 0 aliphatic carbocycles. The normalized spacial score (nSPS) is 11.4. The maximum Gasteiger partial charge on any atom is 0.322 e. The minimum atomic E-state index is -3.29. The molecule has 24 heavy (non-hydrogen) atoms. The van der Waals surface area contributed by atoms with E-state index in [-0.39, 0.29) is 16.7 Å². The summed E-state index contributed by atoms with van der Waals surface area (Å²) in [4.78, 5) is 13.1. The van der Waals surface area contributed by atoms with Gasteiger partial charge in [-0.25, -0.2) is 8.42 Å². The fraction of sp³-hybridized carbons (Fsp3) is 0.133. The molecular formula is C15H13N3O4S2. The smallest absolute Gasteiger partial charge is 0.322 e. The molecule has 1 aromatic carbocycles. The Labute approximate surface area is 142 Å². The van der Waals surface area contributed by atoms with Gasteiger partial charge < -0.3 is 4.42 Å². The fourth-order valence-corrected chi connectivity index (χ4v) is 3.45. The van der Waals surface area contributed by atoms with E-state index in [1.54, 1.807) is 6.92 Å². The van der Waals surface area contributed by atoms with Crippen molar-refractivity contribution < 1.29 is 17.6 Å². The zero-order chi connectivity index (χ0) is 17.2. The Morgan fingerprint density at radius 2 is 1.96 bits per heavy atom. The van der Waals surface area contributed by atoms with Gasteiger partial charge in [-0.15, -0.1) is 16.4 Å². The Morgan fingerprint density at radius 1 is 1.21 bits per heavy atom. The number of hydrogen-bond acceptors (Lipinski definition) is 7. The second kappa shape index (κ2) is 6.54. The van der Waals surface area contributed by atoms with Crippen molar-refractivity contribution in [2.75, 3.05) is 11.1 Å². The van der Waals surface area contributed by atoms with Crippen molar-refractivity contribution in [2.45, 2.75) is 11.8 Å². The molecule has 0 radical (unpaired) electrons. The van der Waals surface area contributed by atoms with Gasteiger partial charge in [-0.1, -0.05) is 18.1 Å². The van der Waals surface area contributed by atoms with Crippen molar-refractivity contribution >= 4 is 33.1 Å². The number of carbonyl (C=O) groups excluding carboxylic acids is 1. The molecule has 0 unspecified atom stereocenters. The number of hydrogen-bond donors (Lipinski definition) is 1. The first-order valence-electron chi connectivity index (χ1n) is 7.01. The Hall–Kier alpha value is -2.52. The first-order valence-corrected chi connectivity index (χ1v) is 9.54. The van der Waals surface area contributed by atoms with Gasteiger partial charge in [0.2, 0.25) is 0 Å². The standard InChI is InChI=1S/C15H13N3O4S2/c1-2-24(20,21)11-7-5-10(6-8-11)13(19)16-15-18-17-14(22-15)12-4-3-9-23-12/h3-9H,2H2,1H3,(H,16,18,19). The second-order valence-electron chi connectivity index (χ2n) is 4.77. The lowest BCUT2D eigenvalue weighted by atomic mass is 10.2. The van der Waals surface area contributed by atoms with Crippen molar-refractivity contribution in [1.82, 2.24) is 10.2 Å². The molecule has 2 heterocycles. The molecule has 1 N–H and O–H groups in total. The quantitative estimate of drug-likeness (QED) is 0.748. The average Bonchev–Trinajstić information content (AvgIpc) is 3.26. The third-order valence-corrected chi connectivity index (χ3v) is 5.84. The van der Waals surface area contributed by atoms with Gasteiger partial charge in [-0.05, 0) is 35.7 Å². The van der Waals surface area contributed by atoms with Crippen LogP contribution in [0, 0.1) is 0 Å². The maximum absolute atomic E-state index is 12.2. The molecule has 0 saturated heterocycles. The maximum atomic E-state index is 12.2. The summed E-state index contributed by atoms with van der Waals surface area (Å²) in [5.41, 5.74) is 0.293. The van der Waals surface area contributed by atoms with Crippen LogP contribution < -0.4 is 5.32 Å². The molecular weight excluding hydrogens is 350 g/mol. The molecule has 0 aliphatic rings. The van der Waals surface area contributed by atoms with Crippen molar-refractivity contribution in [3.8, 4) is 10.8 Å². The molecule has 0 bridgehead atoms. The molecule has 0 spiro atoms. The number of sulfone groups is 1. The van der Waals surface area contributed by atoms with E-state index >= 15 is 0 Å². The van der Waals surface area contributed by atoms with E-state index in [0.717, 1.165) is 4.88 Å². The first kappa shape index (κ1) is 16.3. The molecule has 2 aromatic heterocycles. The van der Waals surface area contributed by atoms with Gasteiger partial charge in [-0.2, -0.15) is 0 Å². The lowest BCUT2D eigenvalue weighted by Gasteiger charge is -2.03. The average molecular weight is 363 g/mol. The molecule has 0 saturated carbocycles. The first-order chi connectivity index (χ1) is 11.5. The summed E-state index contributed by atoms with van der Waals surface area (Å²) in [6.45, 7) is 1.57. The van der Waals surface area contributed by atoms with Crippen LogP contribution in [0.15, 0.2) is 51.1 Å². The van der Waals surface area contributed by atoms with Crippen LogP contribution in [-0.2, 0) is 9.84 Å². The number of carbonyl (C=O) groups is 1. The van der Waals surface area contributed by atoms with E-state index in [0.29, 0.717) is 11.5 Å². The van der Waals surface area contributed by atoms with Crippen molar-refractivity contribution in [3.63, 3.8) is 0 Å². The highest BCUT2D eigenvalue weighted by molar-refractivity contribution is 7.91. The van der Waals surface area contributed by atoms with Gasteiger partial charge in [0.05, 0.1) is 15.5 Å². The summed E-state index contributed by atoms with van der Waals surface area (Å²) in [6.07, 6.45) is 0. The van der Waals surface area contributed by atoms with Crippen LogP contribution >= 0.6 is 11.3 Å². The Kier molecular flexibility index (Phi) is 4.45. The molecule has 3 rings (SSSR count). The number of anilines is 1. The lowest BCUT2D eigenvalue weighted by Crippen LogP contribution is -2.12. The van der Waals surface area contributed by atoms with E-state index in [9.17, 15) is 13.2 Å². The number of rotatable bonds is 5. The summed E-state index contributed by atoms with van der Waals surface area (Å²) in [7, 11) is -3.29. The number of amides is 1. The van der Waals surface area contributed by atoms with Gasteiger partial charge in [0.15, 0.2) is 9.84 Å². The van der Waals surface area contributed by atoms with Crippen molar-refractivity contribution in [3.05, 3.63) is 47.3 Å². The van der Waals surface area contributed by atoms with Crippen LogP contribution in [0.4, 0.5) is 6.01 Å². The lowest BCUT2D eigenvalue weighted by molar-refractivity contribution is 0.102. The number of thiophene rings is 1. The van der Waals surface area contributed by atoms with Crippen molar-refractivity contribution in [1.29, 1.82) is 0 Å². The summed E-state index contributed by atoms with van der Waals surface area (Å²) in [5.74, 6) is -0.132. The monoisotopic (exact) mass is 363 g/mol. The summed E-state index contributed by atoms with van der Waals surface area (Å²) in [6, 6.07) is 9.35. The second-order valence-corrected chi connectivity index (χ2v) is 8.00. The van der Waals surface area contributed by atoms with E-state index in [2.05, 4.69) is 15.5 Å². The minimum absolute atomic E-state index is 0.00598. The van der Waals surface area contributed by atoms with E-state index in [1.807, 2.05) is 17.5 Å². The predicted octanol–water partition coefficient (Wildman–Crippen LogP) is 2.84. The SMILES string of the molecule is CCS(=O)(=O)c1ccc(C(=O)Nc2nnc(-c3cccs3)o2)cc1. The van der Waals surface area contributed by atoms with Gasteiger partial charge in [0.25, 0.3) is 11.8 Å². The van der Waals surface area contributed by atoms with Gasteiger partial charge in [-0.3, -0.25) is 10.1 Å². The summed E-state index contributed by atoms with van der Waals surface area (Å²) < 4.78 is 28.9. The zero-order valence-electron chi connectivity index (χ0n) is 12.6. The number of nitrogens with one attached hydrogen (secondary N) is 1. The highest BCUT2D eigenvalue weighted by atomic mass is 32.2.